The highest BCUT2D eigenvalue weighted by atomic mass is 19.2. The van der Waals surface area contributed by atoms with Gasteiger partial charge in [-0.2, -0.15) is 0 Å². The van der Waals surface area contributed by atoms with E-state index in [9.17, 15) is 23.5 Å². The molecule has 1 heterocycles. The Morgan fingerprint density at radius 2 is 1.81 bits per heavy atom. The van der Waals surface area contributed by atoms with Crippen LogP contribution < -0.4 is 5.32 Å². The highest BCUT2D eigenvalue weighted by Crippen LogP contribution is 2.14. The van der Waals surface area contributed by atoms with Crippen LogP contribution in [0.25, 0.3) is 10.9 Å². The Bertz CT molecular complexity index is 991. The summed E-state index contributed by atoms with van der Waals surface area (Å²) in [6, 6.07) is 12.6. The minimum absolute atomic E-state index is 0.0944. The van der Waals surface area contributed by atoms with Crippen molar-refractivity contribution in [3.05, 3.63) is 77.5 Å². The van der Waals surface area contributed by atoms with Crippen LogP contribution in [0.1, 0.15) is 16.1 Å². The number of nitrogens with one attached hydrogen (secondary N) is 1. The fourth-order valence-electron chi connectivity index (χ4n) is 2.55. The summed E-state index contributed by atoms with van der Waals surface area (Å²) in [5.74, 6) is -4.81. The first kappa shape index (κ1) is 17.5. The number of para-hydroxylation sites is 1. The molecule has 1 amide bonds. The first-order valence-corrected chi connectivity index (χ1v) is 7.78. The molecular formula is C19H14F2N2O3. The second-order valence-electron chi connectivity index (χ2n) is 5.67. The maximum Gasteiger partial charge on any atom is 0.326 e. The number of hydrogen-bond donors (Lipinski definition) is 2. The van der Waals surface area contributed by atoms with Crippen LogP contribution >= 0.6 is 0 Å². The lowest BCUT2D eigenvalue weighted by Gasteiger charge is -2.15. The Hall–Kier alpha value is -3.35. The van der Waals surface area contributed by atoms with Crippen molar-refractivity contribution < 1.29 is 23.5 Å². The van der Waals surface area contributed by atoms with Gasteiger partial charge in [-0.15, -0.1) is 0 Å². The molecule has 2 aromatic carbocycles. The number of benzene rings is 2. The number of carbonyl (C=O) groups is 2. The second-order valence-corrected chi connectivity index (χ2v) is 5.67. The van der Waals surface area contributed by atoms with Gasteiger partial charge in [0.15, 0.2) is 11.6 Å². The number of aliphatic carboxylic acids is 1. The summed E-state index contributed by atoms with van der Waals surface area (Å²) in [6.07, 6.45) is -0.0944. The lowest BCUT2D eigenvalue weighted by molar-refractivity contribution is -0.139. The highest BCUT2D eigenvalue weighted by Gasteiger charge is 2.24. The van der Waals surface area contributed by atoms with Crippen LogP contribution in [0, 0.1) is 11.6 Å². The smallest absolute Gasteiger partial charge is 0.326 e. The van der Waals surface area contributed by atoms with Crippen molar-refractivity contribution in [2.45, 2.75) is 12.5 Å². The number of amides is 1. The van der Waals surface area contributed by atoms with Gasteiger partial charge in [0.2, 0.25) is 0 Å². The molecule has 5 nitrogen and oxygen atoms in total. The fraction of sp³-hybridized carbons (Fsp3) is 0.105. The third-order valence-electron chi connectivity index (χ3n) is 3.87. The number of carboxylic acids is 1. The number of nitrogens with zero attached hydrogens (tertiary/aromatic N) is 1. The molecule has 0 saturated carbocycles. The topological polar surface area (TPSA) is 79.3 Å². The first-order valence-electron chi connectivity index (χ1n) is 7.78. The Balaban J connectivity index is 1.81. The normalized spacial score (nSPS) is 11.9. The Morgan fingerprint density at radius 1 is 1.04 bits per heavy atom. The number of aromatic nitrogens is 1. The lowest BCUT2D eigenvalue weighted by atomic mass is 10.1. The van der Waals surface area contributed by atoms with E-state index in [1.54, 1.807) is 18.2 Å². The summed E-state index contributed by atoms with van der Waals surface area (Å²) in [7, 11) is 0. The minimum atomic E-state index is -1.33. The monoisotopic (exact) mass is 356 g/mol. The van der Waals surface area contributed by atoms with Crippen molar-refractivity contribution in [3.8, 4) is 0 Å². The van der Waals surface area contributed by atoms with Gasteiger partial charge in [0.05, 0.1) is 11.1 Å². The van der Waals surface area contributed by atoms with E-state index >= 15 is 0 Å². The third kappa shape index (κ3) is 3.66. The molecule has 0 aliphatic rings. The number of halogens is 2. The van der Waals surface area contributed by atoms with Crippen molar-refractivity contribution in [2.75, 3.05) is 0 Å². The number of pyridine rings is 1. The molecule has 0 saturated heterocycles. The zero-order valence-electron chi connectivity index (χ0n) is 13.4. The summed E-state index contributed by atoms with van der Waals surface area (Å²) in [6.45, 7) is 0. The van der Waals surface area contributed by atoms with E-state index < -0.39 is 35.1 Å². The van der Waals surface area contributed by atoms with Gasteiger partial charge >= 0.3 is 5.97 Å². The average molecular weight is 356 g/mol. The molecule has 3 rings (SSSR count). The van der Waals surface area contributed by atoms with Crippen LogP contribution in [0.2, 0.25) is 0 Å². The molecular weight excluding hydrogens is 342 g/mol. The van der Waals surface area contributed by atoms with Gasteiger partial charge in [-0.25, -0.2) is 13.6 Å². The molecule has 7 heteroatoms. The molecule has 0 radical (unpaired) electrons. The maximum absolute atomic E-state index is 13.7. The molecule has 1 atom stereocenters. The largest absolute Gasteiger partial charge is 0.480 e. The van der Waals surface area contributed by atoms with Gasteiger partial charge in [0.25, 0.3) is 5.91 Å². The van der Waals surface area contributed by atoms with Gasteiger partial charge in [-0.3, -0.25) is 9.78 Å². The predicted molar refractivity (Wildman–Crippen MR) is 90.7 cm³/mol. The molecule has 0 fully saturated rings. The molecule has 1 aromatic heterocycles. The molecule has 0 bridgehead atoms. The van der Waals surface area contributed by atoms with Crippen LogP contribution in [0.3, 0.4) is 0 Å². The fourth-order valence-corrected chi connectivity index (χ4v) is 2.55. The quantitative estimate of drug-likeness (QED) is 0.737. The van der Waals surface area contributed by atoms with Crippen molar-refractivity contribution in [3.63, 3.8) is 0 Å². The van der Waals surface area contributed by atoms with Crippen LogP contribution in [-0.2, 0) is 11.2 Å². The van der Waals surface area contributed by atoms with E-state index in [1.807, 2.05) is 18.2 Å². The maximum atomic E-state index is 13.7. The summed E-state index contributed by atoms with van der Waals surface area (Å²) in [5, 5.41) is 12.5. The lowest BCUT2D eigenvalue weighted by Crippen LogP contribution is -2.42. The summed E-state index contributed by atoms with van der Waals surface area (Å²) in [5.41, 5.74) is 0.593. The zero-order chi connectivity index (χ0) is 18.7. The van der Waals surface area contributed by atoms with Gasteiger partial charge in [0.1, 0.15) is 6.04 Å². The zero-order valence-corrected chi connectivity index (χ0v) is 13.4. The highest BCUT2D eigenvalue weighted by molar-refractivity contribution is 5.96. The number of rotatable bonds is 5. The Morgan fingerprint density at radius 3 is 2.58 bits per heavy atom. The molecule has 0 spiro atoms. The summed E-state index contributed by atoms with van der Waals surface area (Å²) < 4.78 is 27.0. The van der Waals surface area contributed by atoms with Gasteiger partial charge in [0, 0.05) is 17.5 Å². The van der Waals surface area contributed by atoms with Crippen LogP contribution in [0.5, 0.6) is 0 Å². The van der Waals surface area contributed by atoms with Crippen LogP contribution in [-0.4, -0.2) is 28.0 Å². The number of hydrogen-bond acceptors (Lipinski definition) is 3. The van der Waals surface area contributed by atoms with Gasteiger partial charge in [-0.05, 0) is 24.3 Å². The standard InChI is InChI=1S/C19H14F2N2O3/c20-14-6-3-5-13(17(14)21)18(24)23-16(19(25)26)10-12-9-8-11-4-1-2-7-15(11)22-12/h1-9,16H,10H2,(H,23,24)(H,25,26)/t16-/m0/s1. The number of carboxylic acid groups (broad SMARTS) is 1. The van der Waals surface area contributed by atoms with Crippen LogP contribution in [0.4, 0.5) is 8.78 Å². The van der Waals surface area contributed by atoms with Crippen molar-refractivity contribution >= 4 is 22.8 Å². The van der Waals surface area contributed by atoms with E-state index in [0.717, 1.165) is 17.5 Å². The van der Waals surface area contributed by atoms with Crippen LogP contribution in [0.15, 0.2) is 54.6 Å². The molecule has 3 aromatic rings. The van der Waals surface area contributed by atoms with Crippen molar-refractivity contribution in [1.29, 1.82) is 0 Å². The van der Waals surface area contributed by atoms with E-state index in [1.165, 1.54) is 6.07 Å². The van der Waals surface area contributed by atoms with E-state index in [4.69, 9.17) is 0 Å². The minimum Gasteiger partial charge on any atom is -0.480 e. The first-order chi connectivity index (χ1) is 12.5. The number of fused-ring (bicyclic) bond motifs is 1. The Labute approximate surface area is 147 Å². The molecule has 0 aliphatic carbocycles. The SMILES string of the molecule is O=C(N[C@@H](Cc1ccc2ccccc2n1)C(=O)O)c1cccc(F)c1F. The van der Waals surface area contributed by atoms with E-state index in [0.29, 0.717) is 11.2 Å². The van der Waals surface area contributed by atoms with Gasteiger partial charge < -0.3 is 10.4 Å². The summed E-state index contributed by atoms with van der Waals surface area (Å²) in [4.78, 5) is 28.0. The molecule has 26 heavy (non-hydrogen) atoms. The number of carbonyl (C=O) groups excluding carboxylic acids is 1. The molecule has 0 unspecified atom stereocenters. The predicted octanol–water partition coefficient (Wildman–Crippen LogP) is 2.94. The van der Waals surface area contributed by atoms with E-state index in [-0.39, 0.29) is 6.42 Å². The summed E-state index contributed by atoms with van der Waals surface area (Å²) >= 11 is 0. The van der Waals surface area contributed by atoms with Gasteiger partial charge in [-0.1, -0.05) is 30.3 Å². The molecule has 2 N–H and O–H groups in total. The third-order valence-corrected chi connectivity index (χ3v) is 3.87. The van der Waals surface area contributed by atoms with Crippen molar-refractivity contribution in [1.82, 2.24) is 10.3 Å². The molecule has 0 aliphatic heterocycles. The van der Waals surface area contributed by atoms with Crippen molar-refractivity contribution in [2.24, 2.45) is 0 Å². The Kier molecular flexibility index (Phi) is 4.88. The second kappa shape index (κ2) is 7.26. The average Bonchev–Trinajstić information content (AvgIpc) is 2.63. The van der Waals surface area contributed by atoms with E-state index in [2.05, 4.69) is 10.3 Å². The molecule has 132 valence electrons.